The lowest BCUT2D eigenvalue weighted by molar-refractivity contribution is 0.250. The van der Waals surface area contributed by atoms with E-state index in [0.717, 1.165) is 19.3 Å². The molecule has 0 aromatic rings. The highest BCUT2D eigenvalue weighted by molar-refractivity contribution is 5.22. The van der Waals surface area contributed by atoms with Gasteiger partial charge in [0.15, 0.2) is 0 Å². The number of aliphatic hydroxyl groups excluding tert-OH is 2. The Morgan fingerprint density at radius 2 is 1.52 bits per heavy atom. The van der Waals surface area contributed by atoms with Gasteiger partial charge in [-0.25, -0.2) is 0 Å². The lowest BCUT2D eigenvalue weighted by Crippen LogP contribution is -2.16. The van der Waals surface area contributed by atoms with Crippen LogP contribution >= 0.6 is 0 Å². The van der Waals surface area contributed by atoms with Gasteiger partial charge in [-0.3, -0.25) is 0 Å². The molecule has 0 aromatic carbocycles. The maximum absolute atomic E-state index is 9.28. The third kappa shape index (κ3) is 13.3. The van der Waals surface area contributed by atoms with E-state index in [0.29, 0.717) is 17.4 Å². The molecule has 142 valence electrons. The van der Waals surface area contributed by atoms with Crippen LogP contribution in [0.5, 0.6) is 0 Å². The number of rotatable bonds is 11. The summed E-state index contributed by atoms with van der Waals surface area (Å²) >= 11 is 0. The zero-order valence-corrected chi connectivity index (χ0v) is 17.1. The fourth-order valence-electron chi connectivity index (χ4n) is 2.93. The van der Waals surface area contributed by atoms with E-state index in [2.05, 4.69) is 34.3 Å². The first kappa shape index (κ1) is 23.3. The van der Waals surface area contributed by atoms with E-state index < -0.39 is 0 Å². The maximum atomic E-state index is 9.28. The van der Waals surface area contributed by atoms with Gasteiger partial charge < -0.3 is 10.2 Å². The van der Waals surface area contributed by atoms with Gasteiger partial charge in [-0.1, -0.05) is 51.2 Å². The topological polar surface area (TPSA) is 40.5 Å². The molecular formula is C23H38O2. The van der Waals surface area contributed by atoms with Gasteiger partial charge in [0.1, 0.15) is 0 Å². The molecule has 0 heterocycles. The van der Waals surface area contributed by atoms with E-state index in [-0.39, 0.29) is 5.41 Å². The summed E-state index contributed by atoms with van der Waals surface area (Å²) < 4.78 is 0. The van der Waals surface area contributed by atoms with Crippen LogP contribution in [0.4, 0.5) is 0 Å². The van der Waals surface area contributed by atoms with Crippen molar-refractivity contribution in [1.29, 1.82) is 0 Å². The Bertz CT molecular complexity index is 522. The first-order chi connectivity index (χ1) is 11.6. The zero-order valence-electron chi connectivity index (χ0n) is 17.1. The van der Waals surface area contributed by atoms with E-state index in [4.69, 9.17) is 0 Å². The van der Waals surface area contributed by atoms with Gasteiger partial charge in [-0.2, -0.15) is 0 Å². The molecule has 1 unspecified atom stereocenters. The summed E-state index contributed by atoms with van der Waals surface area (Å²) in [5, 5.41) is 18.5. The van der Waals surface area contributed by atoms with Crippen LogP contribution < -0.4 is 0 Å². The second kappa shape index (κ2) is 11.8. The fraction of sp³-hybridized carbons (Fsp3) is 0.565. The van der Waals surface area contributed by atoms with Crippen LogP contribution in [0.2, 0.25) is 0 Å². The molecule has 0 spiro atoms. The molecule has 0 saturated heterocycles. The van der Waals surface area contributed by atoms with Crippen molar-refractivity contribution in [3.05, 3.63) is 59.6 Å². The predicted molar refractivity (Wildman–Crippen MR) is 111 cm³/mol. The van der Waals surface area contributed by atoms with Gasteiger partial charge in [0.05, 0.1) is 11.5 Å². The number of hydrogen-bond donors (Lipinski definition) is 2. The van der Waals surface area contributed by atoms with Crippen LogP contribution in [-0.4, -0.2) is 10.2 Å². The summed E-state index contributed by atoms with van der Waals surface area (Å²) in [5.41, 5.74) is 2.75. The lowest BCUT2D eigenvalue weighted by Gasteiger charge is -2.28. The van der Waals surface area contributed by atoms with Gasteiger partial charge in [0, 0.05) is 0 Å². The van der Waals surface area contributed by atoms with Crippen LogP contribution in [0.15, 0.2) is 59.6 Å². The quantitative estimate of drug-likeness (QED) is 0.299. The second-order valence-corrected chi connectivity index (χ2v) is 8.09. The van der Waals surface area contributed by atoms with Gasteiger partial charge in [-0.05, 0) is 81.9 Å². The third-order valence-electron chi connectivity index (χ3n) is 4.43. The zero-order chi connectivity index (χ0) is 19.5. The van der Waals surface area contributed by atoms with E-state index in [9.17, 15) is 10.2 Å². The molecule has 0 bridgehead atoms. The summed E-state index contributed by atoms with van der Waals surface area (Å²) in [4.78, 5) is 0. The summed E-state index contributed by atoms with van der Waals surface area (Å²) in [6.45, 7) is 16.3. The Balaban J connectivity index is 4.48. The largest absolute Gasteiger partial charge is 0.513 e. The monoisotopic (exact) mass is 346 g/mol. The number of aliphatic hydroxyl groups is 2. The van der Waals surface area contributed by atoms with Gasteiger partial charge in [-0.15, -0.1) is 0 Å². The van der Waals surface area contributed by atoms with Crippen LogP contribution in [-0.2, 0) is 0 Å². The Morgan fingerprint density at radius 1 is 0.960 bits per heavy atom. The summed E-state index contributed by atoms with van der Waals surface area (Å²) in [5.74, 6) is 1.33. The molecule has 2 heteroatoms. The Morgan fingerprint density at radius 3 is 2.04 bits per heavy atom. The highest BCUT2D eigenvalue weighted by Crippen LogP contribution is 2.34. The van der Waals surface area contributed by atoms with Crippen molar-refractivity contribution in [3.8, 4) is 0 Å². The van der Waals surface area contributed by atoms with Gasteiger partial charge in [0.25, 0.3) is 0 Å². The van der Waals surface area contributed by atoms with E-state index in [1.165, 1.54) is 24.0 Å². The summed E-state index contributed by atoms with van der Waals surface area (Å²) in [7, 11) is 0. The minimum absolute atomic E-state index is 0.276. The molecule has 0 saturated carbocycles. The molecule has 0 aliphatic rings. The molecule has 0 aromatic heterocycles. The highest BCUT2D eigenvalue weighted by Gasteiger charge is 2.21. The number of hydrogen-bond acceptors (Lipinski definition) is 2. The minimum Gasteiger partial charge on any atom is -0.513 e. The van der Waals surface area contributed by atoms with Crippen molar-refractivity contribution in [2.24, 2.45) is 11.3 Å². The molecule has 0 amide bonds. The molecule has 2 N–H and O–H groups in total. The maximum Gasteiger partial charge on any atom is 0.0891 e. The average molecular weight is 347 g/mol. The molecule has 2 nitrogen and oxygen atoms in total. The molecular weight excluding hydrogens is 308 g/mol. The molecule has 0 aliphatic heterocycles. The van der Waals surface area contributed by atoms with Gasteiger partial charge >= 0.3 is 0 Å². The molecule has 0 rings (SSSR count). The third-order valence-corrected chi connectivity index (χ3v) is 4.43. The van der Waals surface area contributed by atoms with Crippen molar-refractivity contribution in [1.82, 2.24) is 0 Å². The first-order valence-corrected chi connectivity index (χ1v) is 9.27. The molecule has 1 atom stereocenters. The van der Waals surface area contributed by atoms with Crippen molar-refractivity contribution >= 4 is 0 Å². The molecule has 0 fully saturated rings. The SMILES string of the molecule is C=C/C(=C\C=C(/C)O)CCC(C)(C)CC(C)CC/C(C)=C/C=C(\C)O. The first-order valence-electron chi connectivity index (χ1n) is 9.27. The average Bonchev–Trinajstić information content (AvgIpc) is 2.50. The van der Waals surface area contributed by atoms with E-state index >= 15 is 0 Å². The molecule has 0 radical (unpaired) electrons. The molecule has 25 heavy (non-hydrogen) atoms. The summed E-state index contributed by atoms with van der Waals surface area (Å²) in [6, 6.07) is 0. The van der Waals surface area contributed by atoms with E-state index in [1.54, 1.807) is 26.0 Å². The highest BCUT2D eigenvalue weighted by atomic mass is 16.3. The van der Waals surface area contributed by atoms with Crippen LogP contribution in [0, 0.1) is 11.3 Å². The van der Waals surface area contributed by atoms with Crippen molar-refractivity contribution in [3.63, 3.8) is 0 Å². The Hall–Kier alpha value is -1.70. The van der Waals surface area contributed by atoms with Crippen LogP contribution in [0.3, 0.4) is 0 Å². The van der Waals surface area contributed by atoms with Crippen molar-refractivity contribution in [2.45, 2.75) is 73.6 Å². The van der Waals surface area contributed by atoms with Crippen LogP contribution in [0.25, 0.3) is 0 Å². The van der Waals surface area contributed by atoms with Crippen LogP contribution in [0.1, 0.15) is 73.6 Å². The normalized spacial score (nSPS) is 16.1. The smallest absolute Gasteiger partial charge is 0.0891 e. The van der Waals surface area contributed by atoms with E-state index in [1.807, 2.05) is 18.2 Å². The predicted octanol–water partition coefficient (Wildman–Crippen LogP) is 7.58. The number of allylic oxidation sites excluding steroid dienone is 9. The summed E-state index contributed by atoms with van der Waals surface area (Å²) in [6.07, 6.45) is 14.8. The Labute approximate surface area is 155 Å². The Kier molecular flexibility index (Phi) is 11.0. The van der Waals surface area contributed by atoms with Gasteiger partial charge in [0.2, 0.25) is 0 Å². The van der Waals surface area contributed by atoms with Crippen molar-refractivity contribution < 1.29 is 10.2 Å². The molecule has 0 aliphatic carbocycles. The fourth-order valence-corrected chi connectivity index (χ4v) is 2.93. The minimum atomic E-state index is 0.276. The lowest BCUT2D eigenvalue weighted by atomic mass is 9.77. The standard InChI is InChI=1S/C23H38O2/c1-8-22(14-13-21(5)25)15-16-23(6,7)17-19(3)10-9-18(2)11-12-20(4)24/h8,11-14,19,24-25H,1,9-10,15-17H2,2-7H3/b18-11+,20-12+,21-13+,22-14+. The second-order valence-electron chi connectivity index (χ2n) is 8.09. The van der Waals surface area contributed by atoms with Crippen molar-refractivity contribution in [2.75, 3.05) is 0 Å².